The summed E-state index contributed by atoms with van der Waals surface area (Å²) in [7, 11) is -2.07. The van der Waals surface area contributed by atoms with Gasteiger partial charge in [0.2, 0.25) is 0 Å². The summed E-state index contributed by atoms with van der Waals surface area (Å²) in [6.45, 7) is 3.64. The molecular formula is C17H20N2O3S. The molecule has 6 heteroatoms. The lowest BCUT2D eigenvalue weighted by molar-refractivity contribution is 0.411. The third-order valence-electron chi connectivity index (χ3n) is 3.98. The maximum Gasteiger partial charge on any atom is 0.266 e. The van der Waals surface area contributed by atoms with Gasteiger partial charge in [0.25, 0.3) is 10.0 Å². The first kappa shape index (κ1) is 15.8. The molecule has 0 radical (unpaired) electrons. The number of sulfonamides is 1. The fourth-order valence-electron chi connectivity index (χ4n) is 2.67. The molecule has 0 unspecified atom stereocenters. The highest BCUT2D eigenvalue weighted by atomic mass is 32.2. The molecule has 1 fully saturated rings. The number of rotatable bonds is 5. The molecule has 3 rings (SSSR count). The van der Waals surface area contributed by atoms with E-state index in [4.69, 9.17) is 4.74 Å². The minimum Gasteiger partial charge on any atom is -0.496 e. The lowest BCUT2D eigenvalue weighted by atomic mass is 10.1. The van der Waals surface area contributed by atoms with Crippen LogP contribution < -0.4 is 9.04 Å². The van der Waals surface area contributed by atoms with Crippen molar-refractivity contribution < 1.29 is 13.2 Å². The Kier molecular flexibility index (Phi) is 4.02. The Balaban J connectivity index is 2.11. The molecule has 1 aliphatic carbocycles. The molecule has 1 aromatic heterocycles. The molecule has 0 amide bonds. The topological polar surface area (TPSA) is 59.5 Å². The zero-order chi connectivity index (χ0) is 16.6. The lowest BCUT2D eigenvalue weighted by Gasteiger charge is -2.24. The molecule has 122 valence electrons. The van der Waals surface area contributed by atoms with E-state index in [1.165, 1.54) is 4.31 Å². The summed E-state index contributed by atoms with van der Waals surface area (Å²) in [6, 6.07) is 8.77. The highest BCUT2D eigenvalue weighted by Gasteiger charge is 2.39. The number of benzene rings is 1. The third-order valence-corrected chi connectivity index (χ3v) is 5.98. The minimum absolute atomic E-state index is 0.00305. The predicted molar refractivity (Wildman–Crippen MR) is 89.4 cm³/mol. The van der Waals surface area contributed by atoms with E-state index in [-0.39, 0.29) is 6.04 Å². The zero-order valence-corrected chi connectivity index (χ0v) is 14.3. The molecule has 1 aromatic carbocycles. The molecule has 1 heterocycles. The molecule has 0 saturated heterocycles. The van der Waals surface area contributed by atoms with Gasteiger partial charge in [0, 0.05) is 12.2 Å². The van der Waals surface area contributed by atoms with Crippen molar-refractivity contribution in [2.24, 2.45) is 0 Å². The van der Waals surface area contributed by atoms with Crippen LogP contribution in [0.4, 0.5) is 5.82 Å². The summed E-state index contributed by atoms with van der Waals surface area (Å²) in [5.41, 5.74) is 1.47. The standard InChI is InChI=1S/C17H20N2O3S/c1-12-11-16(13(2)10-15(12)22-3)23(20,21)19(14-7-8-14)17-6-4-5-9-18-17/h4-6,9-11,14H,7-8H2,1-3H3. The van der Waals surface area contributed by atoms with Gasteiger partial charge in [-0.3, -0.25) is 0 Å². The second kappa shape index (κ2) is 5.85. The monoisotopic (exact) mass is 332 g/mol. The Hall–Kier alpha value is -2.08. The summed E-state index contributed by atoms with van der Waals surface area (Å²) in [5, 5.41) is 0. The van der Waals surface area contributed by atoms with Crippen LogP contribution in [0.3, 0.4) is 0 Å². The number of methoxy groups -OCH3 is 1. The molecule has 0 bridgehead atoms. The first-order valence-corrected chi connectivity index (χ1v) is 9.00. The molecule has 23 heavy (non-hydrogen) atoms. The van der Waals surface area contributed by atoms with Gasteiger partial charge in [0.15, 0.2) is 0 Å². The average molecular weight is 332 g/mol. The first-order chi connectivity index (χ1) is 10.9. The molecule has 0 N–H and O–H groups in total. The fourth-order valence-corrected chi connectivity index (χ4v) is 4.63. The maximum absolute atomic E-state index is 13.2. The molecule has 0 spiro atoms. The van der Waals surface area contributed by atoms with Gasteiger partial charge in [0.1, 0.15) is 11.6 Å². The van der Waals surface area contributed by atoms with Crippen molar-refractivity contribution in [3.8, 4) is 5.75 Å². The van der Waals surface area contributed by atoms with E-state index >= 15 is 0 Å². The summed E-state index contributed by atoms with van der Waals surface area (Å²) in [5.74, 6) is 1.17. The van der Waals surface area contributed by atoms with Crippen LogP contribution in [0.1, 0.15) is 24.0 Å². The highest BCUT2D eigenvalue weighted by molar-refractivity contribution is 7.93. The minimum atomic E-state index is -3.65. The normalized spacial score (nSPS) is 14.6. The number of hydrogen-bond donors (Lipinski definition) is 0. The van der Waals surface area contributed by atoms with Crippen molar-refractivity contribution in [2.45, 2.75) is 37.6 Å². The number of ether oxygens (including phenoxy) is 1. The summed E-state index contributed by atoms with van der Waals surface area (Å²) < 4.78 is 33.2. The molecule has 1 aliphatic rings. The maximum atomic E-state index is 13.2. The second-order valence-corrected chi connectivity index (χ2v) is 7.59. The Morgan fingerprint density at radius 2 is 1.91 bits per heavy atom. The first-order valence-electron chi connectivity index (χ1n) is 7.56. The smallest absolute Gasteiger partial charge is 0.266 e. The number of hydrogen-bond acceptors (Lipinski definition) is 4. The van der Waals surface area contributed by atoms with Crippen LogP contribution >= 0.6 is 0 Å². The van der Waals surface area contributed by atoms with Crippen LogP contribution in [-0.4, -0.2) is 26.6 Å². The number of nitrogens with zero attached hydrogens (tertiary/aromatic N) is 2. The molecule has 1 saturated carbocycles. The SMILES string of the molecule is COc1cc(C)c(S(=O)(=O)N(c2ccccn2)C2CC2)cc1C. The number of anilines is 1. The van der Waals surface area contributed by atoms with Crippen molar-refractivity contribution >= 4 is 15.8 Å². The van der Waals surface area contributed by atoms with E-state index < -0.39 is 10.0 Å². The Bertz CT molecular complexity index is 815. The summed E-state index contributed by atoms with van der Waals surface area (Å²) in [6.07, 6.45) is 3.35. The van der Waals surface area contributed by atoms with E-state index in [0.717, 1.165) is 18.4 Å². The van der Waals surface area contributed by atoms with Crippen LogP contribution in [0.5, 0.6) is 5.75 Å². The third kappa shape index (κ3) is 2.91. The van der Waals surface area contributed by atoms with Crippen molar-refractivity contribution in [1.29, 1.82) is 0 Å². The number of aromatic nitrogens is 1. The summed E-state index contributed by atoms with van der Waals surface area (Å²) >= 11 is 0. The van der Waals surface area contributed by atoms with Crippen LogP contribution in [0, 0.1) is 13.8 Å². The van der Waals surface area contributed by atoms with Gasteiger partial charge in [-0.05, 0) is 62.1 Å². The molecule has 5 nitrogen and oxygen atoms in total. The molecule has 2 aromatic rings. The largest absolute Gasteiger partial charge is 0.496 e. The van der Waals surface area contributed by atoms with Gasteiger partial charge in [-0.1, -0.05) is 6.07 Å². The van der Waals surface area contributed by atoms with Gasteiger partial charge in [-0.2, -0.15) is 0 Å². The Labute approximate surface area is 137 Å². The lowest BCUT2D eigenvalue weighted by Crippen LogP contribution is -2.34. The van der Waals surface area contributed by atoms with E-state index in [0.29, 0.717) is 22.0 Å². The van der Waals surface area contributed by atoms with Gasteiger partial charge in [0.05, 0.1) is 12.0 Å². The van der Waals surface area contributed by atoms with Gasteiger partial charge >= 0.3 is 0 Å². The van der Waals surface area contributed by atoms with Crippen LogP contribution in [0.2, 0.25) is 0 Å². The summed E-state index contributed by atoms with van der Waals surface area (Å²) in [4.78, 5) is 4.55. The molecule has 0 atom stereocenters. The number of aryl methyl sites for hydroxylation is 2. The van der Waals surface area contributed by atoms with E-state index in [1.54, 1.807) is 50.6 Å². The van der Waals surface area contributed by atoms with Crippen LogP contribution in [0.15, 0.2) is 41.4 Å². The average Bonchev–Trinajstić information content (AvgIpc) is 3.34. The van der Waals surface area contributed by atoms with Crippen molar-refractivity contribution in [3.63, 3.8) is 0 Å². The van der Waals surface area contributed by atoms with Gasteiger partial charge < -0.3 is 4.74 Å². The fraction of sp³-hybridized carbons (Fsp3) is 0.353. The van der Waals surface area contributed by atoms with Gasteiger partial charge in [-0.25, -0.2) is 17.7 Å². The zero-order valence-electron chi connectivity index (χ0n) is 13.5. The Morgan fingerprint density at radius 3 is 2.48 bits per heavy atom. The molecule has 0 aliphatic heterocycles. The van der Waals surface area contributed by atoms with Gasteiger partial charge in [-0.15, -0.1) is 0 Å². The van der Waals surface area contributed by atoms with Crippen molar-refractivity contribution in [2.75, 3.05) is 11.4 Å². The molecular weight excluding hydrogens is 312 g/mol. The highest BCUT2D eigenvalue weighted by Crippen LogP contribution is 2.37. The van der Waals surface area contributed by atoms with Crippen molar-refractivity contribution in [3.05, 3.63) is 47.7 Å². The van der Waals surface area contributed by atoms with Crippen LogP contribution in [0.25, 0.3) is 0 Å². The quantitative estimate of drug-likeness (QED) is 0.844. The van der Waals surface area contributed by atoms with E-state index in [2.05, 4.69) is 4.98 Å². The van der Waals surface area contributed by atoms with E-state index in [9.17, 15) is 8.42 Å². The Morgan fingerprint density at radius 1 is 1.17 bits per heavy atom. The number of pyridine rings is 1. The second-order valence-electron chi connectivity index (χ2n) is 5.81. The van der Waals surface area contributed by atoms with Crippen molar-refractivity contribution in [1.82, 2.24) is 4.98 Å². The predicted octanol–water partition coefficient (Wildman–Crippen LogP) is 3.06. The van der Waals surface area contributed by atoms with E-state index in [1.807, 2.05) is 6.92 Å². The van der Waals surface area contributed by atoms with Crippen LogP contribution in [-0.2, 0) is 10.0 Å².